The van der Waals surface area contributed by atoms with Crippen LogP contribution in [0.4, 0.5) is 11.4 Å². The number of ether oxygens (including phenoxy) is 1. The first kappa shape index (κ1) is 18.7. The molecule has 0 saturated carbocycles. The molecule has 0 bridgehead atoms. The second kappa shape index (κ2) is 8.16. The van der Waals surface area contributed by atoms with Crippen LogP contribution in [-0.4, -0.2) is 37.4 Å². The second-order valence-electron chi connectivity index (χ2n) is 6.66. The molecule has 0 aliphatic carbocycles. The number of hydrogen-bond donors (Lipinski definition) is 1. The summed E-state index contributed by atoms with van der Waals surface area (Å²) in [7, 11) is 0. The van der Waals surface area contributed by atoms with Crippen molar-refractivity contribution in [3.8, 4) is 11.3 Å². The van der Waals surface area contributed by atoms with E-state index in [0.29, 0.717) is 18.9 Å². The fourth-order valence-corrected chi connectivity index (χ4v) is 3.48. The van der Waals surface area contributed by atoms with Crippen molar-refractivity contribution in [2.24, 2.45) is 0 Å². The molecule has 2 heterocycles. The smallest absolute Gasteiger partial charge is 0.294 e. The Kier molecular flexibility index (Phi) is 5.45. The van der Waals surface area contributed by atoms with Crippen LogP contribution in [0, 0.1) is 6.92 Å². The largest absolute Gasteiger partial charge is 0.378 e. The van der Waals surface area contributed by atoms with Crippen molar-refractivity contribution < 1.29 is 14.1 Å². The van der Waals surface area contributed by atoms with Crippen LogP contribution in [-0.2, 0) is 4.74 Å². The predicted octanol–water partition coefficient (Wildman–Crippen LogP) is 4.50. The fourth-order valence-electron chi connectivity index (χ4n) is 3.11. The van der Waals surface area contributed by atoms with Gasteiger partial charge in [-0.1, -0.05) is 50.9 Å². The van der Waals surface area contributed by atoms with E-state index in [4.69, 9.17) is 9.26 Å². The molecule has 1 N–H and O–H groups in total. The molecule has 7 heteroatoms. The highest BCUT2D eigenvalue weighted by atomic mass is 79.9. The number of morpholine rings is 1. The van der Waals surface area contributed by atoms with Crippen LogP contribution < -0.4 is 10.2 Å². The molecule has 1 saturated heterocycles. The number of amides is 1. The van der Waals surface area contributed by atoms with Gasteiger partial charge in [-0.15, -0.1) is 0 Å². The Morgan fingerprint density at radius 1 is 1.11 bits per heavy atom. The average molecular weight is 442 g/mol. The third kappa shape index (κ3) is 4.10. The van der Waals surface area contributed by atoms with E-state index in [-0.39, 0.29) is 11.7 Å². The van der Waals surface area contributed by atoms with Gasteiger partial charge in [0.15, 0.2) is 0 Å². The van der Waals surface area contributed by atoms with Crippen molar-refractivity contribution in [2.45, 2.75) is 6.92 Å². The highest BCUT2D eigenvalue weighted by Crippen LogP contribution is 2.31. The van der Waals surface area contributed by atoms with Crippen LogP contribution in [0.25, 0.3) is 11.3 Å². The van der Waals surface area contributed by atoms with Crippen molar-refractivity contribution in [1.29, 1.82) is 0 Å². The molecule has 0 radical (unpaired) electrons. The molecule has 1 aliphatic heterocycles. The van der Waals surface area contributed by atoms with Crippen LogP contribution in [0.5, 0.6) is 0 Å². The first-order chi connectivity index (χ1) is 13.6. The van der Waals surface area contributed by atoms with E-state index in [0.717, 1.165) is 40.1 Å². The molecule has 1 amide bonds. The minimum atomic E-state index is -0.335. The summed E-state index contributed by atoms with van der Waals surface area (Å²) in [6, 6.07) is 15.4. The normalized spacial score (nSPS) is 14.1. The van der Waals surface area contributed by atoms with Crippen molar-refractivity contribution in [2.75, 3.05) is 36.5 Å². The number of rotatable bonds is 4. The molecule has 1 fully saturated rings. The maximum atomic E-state index is 12.8. The second-order valence-corrected chi connectivity index (χ2v) is 7.57. The van der Waals surface area contributed by atoms with Crippen molar-refractivity contribution >= 4 is 33.2 Å². The van der Waals surface area contributed by atoms with Crippen LogP contribution >= 0.6 is 15.9 Å². The van der Waals surface area contributed by atoms with Gasteiger partial charge in [0, 0.05) is 29.2 Å². The van der Waals surface area contributed by atoms with Gasteiger partial charge in [-0.05, 0) is 25.1 Å². The topological polar surface area (TPSA) is 67.6 Å². The summed E-state index contributed by atoms with van der Waals surface area (Å²) in [6.45, 7) is 4.93. The lowest BCUT2D eigenvalue weighted by Gasteiger charge is -2.30. The predicted molar refractivity (Wildman–Crippen MR) is 112 cm³/mol. The van der Waals surface area contributed by atoms with E-state index in [2.05, 4.69) is 31.3 Å². The van der Waals surface area contributed by atoms with E-state index in [1.807, 2.05) is 49.4 Å². The van der Waals surface area contributed by atoms with Gasteiger partial charge in [0.1, 0.15) is 5.69 Å². The molecule has 0 unspecified atom stereocenters. The van der Waals surface area contributed by atoms with E-state index in [9.17, 15) is 4.79 Å². The van der Waals surface area contributed by atoms with Crippen molar-refractivity contribution in [3.05, 3.63) is 64.3 Å². The third-order valence-corrected chi connectivity index (χ3v) is 5.13. The molecule has 3 aromatic rings. The Morgan fingerprint density at radius 3 is 2.61 bits per heavy atom. The molecule has 4 rings (SSSR count). The van der Waals surface area contributed by atoms with Crippen molar-refractivity contribution in [1.82, 2.24) is 5.16 Å². The minimum absolute atomic E-state index is 0.170. The number of anilines is 2. The summed E-state index contributed by atoms with van der Waals surface area (Å²) in [5, 5.41) is 6.99. The van der Waals surface area contributed by atoms with E-state index >= 15 is 0 Å². The van der Waals surface area contributed by atoms with E-state index in [1.165, 1.54) is 0 Å². The van der Waals surface area contributed by atoms with Gasteiger partial charge in [0.25, 0.3) is 5.91 Å². The number of carbonyl (C=O) groups excluding carboxylic acids is 1. The van der Waals surface area contributed by atoms with E-state index < -0.39 is 0 Å². The van der Waals surface area contributed by atoms with Crippen LogP contribution in [0.1, 0.15) is 16.1 Å². The summed E-state index contributed by atoms with van der Waals surface area (Å²) in [5.41, 5.74) is 4.38. The van der Waals surface area contributed by atoms with Crippen LogP contribution in [0.15, 0.2) is 57.5 Å². The molecule has 6 nitrogen and oxygen atoms in total. The lowest BCUT2D eigenvalue weighted by Crippen LogP contribution is -2.36. The number of benzene rings is 2. The van der Waals surface area contributed by atoms with Gasteiger partial charge in [-0.25, -0.2) is 0 Å². The van der Waals surface area contributed by atoms with Gasteiger partial charge >= 0.3 is 0 Å². The molecule has 0 spiro atoms. The number of carbonyl (C=O) groups is 1. The van der Waals surface area contributed by atoms with Crippen molar-refractivity contribution in [3.63, 3.8) is 0 Å². The lowest BCUT2D eigenvalue weighted by molar-refractivity contribution is 0.0988. The number of aryl methyl sites for hydroxylation is 1. The van der Waals surface area contributed by atoms with Gasteiger partial charge < -0.3 is 19.5 Å². The van der Waals surface area contributed by atoms with E-state index in [1.54, 1.807) is 6.07 Å². The Labute approximate surface area is 171 Å². The number of aromatic nitrogens is 1. The molecular weight excluding hydrogens is 422 g/mol. The fraction of sp³-hybridized carbons (Fsp3) is 0.238. The summed E-state index contributed by atoms with van der Waals surface area (Å²) >= 11 is 3.48. The first-order valence-corrected chi connectivity index (χ1v) is 9.87. The molecule has 1 aromatic heterocycles. The number of hydrogen-bond acceptors (Lipinski definition) is 5. The molecular formula is C21H20BrN3O3. The SMILES string of the molecule is Cc1ccc(-c2cc(C(=O)Nc3cc(Br)ccc3N3CCOCC3)on2)cc1. The molecule has 1 aliphatic rings. The quantitative estimate of drug-likeness (QED) is 0.645. The Morgan fingerprint density at radius 2 is 1.86 bits per heavy atom. The highest BCUT2D eigenvalue weighted by Gasteiger charge is 2.19. The minimum Gasteiger partial charge on any atom is -0.378 e. The summed E-state index contributed by atoms with van der Waals surface area (Å²) in [5.74, 6) is -0.165. The summed E-state index contributed by atoms with van der Waals surface area (Å²) < 4.78 is 11.6. The van der Waals surface area contributed by atoms with Gasteiger partial charge in [-0.3, -0.25) is 4.79 Å². The third-order valence-electron chi connectivity index (χ3n) is 4.64. The summed E-state index contributed by atoms with van der Waals surface area (Å²) in [6.07, 6.45) is 0. The zero-order valence-corrected chi connectivity index (χ0v) is 17.0. The standard InChI is InChI=1S/C21H20BrN3O3/c1-14-2-4-15(5-3-14)17-13-20(28-24-17)21(26)23-18-12-16(22)6-7-19(18)25-8-10-27-11-9-25/h2-7,12-13H,8-11H2,1H3,(H,23,26). The van der Waals surface area contributed by atoms with Gasteiger partial charge in [-0.2, -0.15) is 0 Å². The zero-order chi connectivity index (χ0) is 19.5. The molecule has 28 heavy (non-hydrogen) atoms. The number of nitrogens with zero attached hydrogens (tertiary/aromatic N) is 2. The maximum Gasteiger partial charge on any atom is 0.294 e. The summed E-state index contributed by atoms with van der Waals surface area (Å²) in [4.78, 5) is 15.0. The number of halogens is 1. The average Bonchev–Trinajstić information content (AvgIpc) is 3.20. The molecule has 2 aromatic carbocycles. The highest BCUT2D eigenvalue weighted by molar-refractivity contribution is 9.10. The van der Waals surface area contributed by atoms with Crippen LogP contribution in [0.2, 0.25) is 0 Å². The maximum absolute atomic E-state index is 12.8. The first-order valence-electron chi connectivity index (χ1n) is 9.07. The Balaban J connectivity index is 1.55. The van der Waals surface area contributed by atoms with Crippen LogP contribution in [0.3, 0.4) is 0 Å². The lowest BCUT2D eigenvalue weighted by atomic mass is 10.1. The Hall–Kier alpha value is -2.64. The molecule has 0 atom stereocenters. The monoisotopic (exact) mass is 441 g/mol. The zero-order valence-electron chi connectivity index (χ0n) is 15.4. The Bertz CT molecular complexity index is 979. The molecule has 144 valence electrons. The van der Waals surface area contributed by atoms with Gasteiger partial charge in [0.2, 0.25) is 5.76 Å². The number of nitrogens with one attached hydrogen (secondary N) is 1. The van der Waals surface area contributed by atoms with Gasteiger partial charge in [0.05, 0.1) is 24.6 Å².